The molecule has 0 saturated heterocycles. The maximum Gasteiger partial charge on any atom is 0.266 e. The molecule has 4 nitrogen and oxygen atoms in total. The van der Waals surface area contributed by atoms with Gasteiger partial charge in [-0.1, -0.05) is 42.0 Å². The molecule has 0 radical (unpaired) electrons. The van der Waals surface area contributed by atoms with Gasteiger partial charge in [0.2, 0.25) is 0 Å². The Morgan fingerprint density at radius 2 is 1.87 bits per heavy atom. The van der Waals surface area contributed by atoms with Gasteiger partial charge in [0.25, 0.3) is 5.91 Å². The third-order valence-electron chi connectivity index (χ3n) is 4.98. The fraction of sp³-hybridized carbons (Fsp3) is 0.154. The summed E-state index contributed by atoms with van der Waals surface area (Å²) < 4.78 is 19.5. The van der Waals surface area contributed by atoms with E-state index in [2.05, 4.69) is 5.32 Å². The van der Waals surface area contributed by atoms with Crippen molar-refractivity contribution >= 4 is 17.7 Å². The number of ether oxygens (including phenoxy) is 1. The van der Waals surface area contributed by atoms with Gasteiger partial charge in [0.15, 0.2) is 0 Å². The molecule has 0 unspecified atom stereocenters. The molecular formula is C26H23FN2O2. The van der Waals surface area contributed by atoms with Crippen LogP contribution in [0.4, 0.5) is 10.1 Å². The highest BCUT2D eigenvalue weighted by atomic mass is 19.1. The molecule has 3 aromatic rings. The van der Waals surface area contributed by atoms with Crippen molar-refractivity contribution in [3.05, 3.63) is 99.9 Å². The summed E-state index contributed by atoms with van der Waals surface area (Å²) in [6.45, 7) is 3.87. The summed E-state index contributed by atoms with van der Waals surface area (Å²) in [5.41, 5.74) is 4.52. The second-order valence-electron chi connectivity index (χ2n) is 7.28. The van der Waals surface area contributed by atoms with E-state index in [1.807, 2.05) is 38.1 Å². The van der Waals surface area contributed by atoms with Gasteiger partial charge in [0.1, 0.15) is 23.2 Å². The van der Waals surface area contributed by atoms with E-state index < -0.39 is 5.91 Å². The van der Waals surface area contributed by atoms with Crippen LogP contribution in [0, 0.1) is 31.0 Å². The monoisotopic (exact) mass is 414 g/mol. The molecule has 3 aromatic carbocycles. The highest BCUT2D eigenvalue weighted by Crippen LogP contribution is 2.24. The number of rotatable bonds is 6. The summed E-state index contributed by atoms with van der Waals surface area (Å²) in [7, 11) is 1.55. The first kappa shape index (κ1) is 21.8. The molecule has 31 heavy (non-hydrogen) atoms. The predicted octanol–water partition coefficient (Wildman–Crippen LogP) is 5.59. The van der Waals surface area contributed by atoms with Gasteiger partial charge < -0.3 is 10.1 Å². The average molecular weight is 414 g/mol. The molecule has 1 amide bonds. The van der Waals surface area contributed by atoms with Gasteiger partial charge in [-0.25, -0.2) is 4.39 Å². The molecule has 0 saturated carbocycles. The van der Waals surface area contributed by atoms with Gasteiger partial charge in [0, 0.05) is 12.1 Å². The lowest BCUT2D eigenvalue weighted by molar-refractivity contribution is -0.112. The fourth-order valence-electron chi connectivity index (χ4n) is 3.30. The van der Waals surface area contributed by atoms with Crippen LogP contribution >= 0.6 is 0 Å². The second-order valence-corrected chi connectivity index (χ2v) is 7.28. The Labute approximate surface area is 181 Å². The smallest absolute Gasteiger partial charge is 0.266 e. The van der Waals surface area contributed by atoms with Gasteiger partial charge in [0.05, 0.1) is 7.11 Å². The number of carbonyl (C=O) groups excluding carboxylic acids is 1. The number of nitriles is 1. The number of nitrogens with zero attached hydrogens (tertiary/aromatic N) is 1. The molecule has 0 aliphatic carbocycles. The number of anilines is 1. The number of hydrogen-bond acceptors (Lipinski definition) is 3. The summed E-state index contributed by atoms with van der Waals surface area (Å²) in [4.78, 5) is 12.7. The van der Waals surface area contributed by atoms with Crippen LogP contribution in [0.5, 0.6) is 5.75 Å². The van der Waals surface area contributed by atoms with E-state index in [0.717, 1.165) is 16.7 Å². The maximum atomic E-state index is 14.2. The molecule has 3 rings (SSSR count). The molecule has 0 spiro atoms. The molecule has 0 fully saturated rings. The Hall–Kier alpha value is -3.91. The largest absolute Gasteiger partial charge is 0.497 e. The molecule has 0 aromatic heterocycles. The van der Waals surface area contributed by atoms with Crippen molar-refractivity contribution in [2.24, 2.45) is 0 Å². The number of halogens is 1. The lowest BCUT2D eigenvalue weighted by Gasteiger charge is -2.11. The van der Waals surface area contributed by atoms with Gasteiger partial charge in [-0.3, -0.25) is 4.79 Å². The Balaban J connectivity index is 1.95. The van der Waals surface area contributed by atoms with Crippen LogP contribution in [0.1, 0.15) is 27.8 Å². The summed E-state index contributed by atoms with van der Waals surface area (Å²) >= 11 is 0. The van der Waals surface area contributed by atoms with Crippen LogP contribution in [0.15, 0.2) is 66.2 Å². The van der Waals surface area contributed by atoms with Crippen LogP contribution in [-0.4, -0.2) is 13.0 Å². The number of hydrogen-bond donors (Lipinski definition) is 1. The van der Waals surface area contributed by atoms with Crippen LogP contribution in [0.3, 0.4) is 0 Å². The number of benzene rings is 3. The van der Waals surface area contributed by atoms with Crippen molar-refractivity contribution < 1.29 is 13.9 Å². The Morgan fingerprint density at radius 1 is 1.10 bits per heavy atom. The van der Waals surface area contributed by atoms with Crippen LogP contribution in [0.25, 0.3) is 6.08 Å². The van der Waals surface area contributed by atoms with E-state index in [1.54, 1.807) is 43.5 Å². The Bertz CT molecular complexity index is 1190. The molecule has 156 valence electrons. The molecule has 1 N–H and O–H groups in total. The molecule has 0 heterocycles. The standard InChI is InChI=1S/C26H23FN2O2/c1-17-8-11-25(18(2)12-17)29-26(30)22(16-28)13-19-9-10-23(31-3)15-21(19)14-20-6-4-5-7-24(20)27/h4-13,15H,14H2,1-3H3,(H,29,30)/b22-13+. The van der Waals surface area contributed by atoms with Gasteiger partial charge in [-0.2, -0.15) is 5.26 Å². The number of nitrogens with one attached hydrogen (secondary N) is 1. The summed E-state index contributed by atoms with van der Waals surface area (Å²) in [5.74, 6) is -0.197. The molecule has 0 aliphatic rings. The van der Waals surface area contributed by atoms with E-state index in [0.29, 0.717) is 29.0 Å². The summed E-state index contributed by atoms with van der Waals surface area (Å²) in [6, 6.07) is 19.5. The maximum absolute atomic E-state index is 14.2. The number of carbonyl (C=O) groups is 1. The van der Waals surface area contributed by atoms with Crippen molar-refractivity contribution in [2.75, 3.05) is 12.4 Å². The lowest BCUT2D eigenvalue weighted by atomic mass is 9.97. The SMILES string of the molecule is COc1ccc(/C=C(\C#N)C(=O)Nc2ccc(C)cc2C)c(Cc2ccccc2F)c1. The van der Waals surface area contributed by atoms with Gasteiger partial charge >= 0.3 is 0 Å². The second kappa shape index (κ2) is 9.73. The van der Waals surface area contributed by atoms with E-state index in [-0.39, 0.29) is 11.4 Å². The van der Waals surface area contributed by atoms with Crippen molar-refractivity contribution in [1.29, 1.82) is 5.26 Å². The molecule has 0 aliphatic heterocycles. The summed E-state index contributed by atoms with van der Waals surface area (Å²) in [6.07, 6.45) is 1.82. The summed E-state index contributed by atoms with van der Waals surface area (Å²) in [5, 5.41) is 12.4. The molecular weight excluding hydrogens is 391 g/mol. The highest BCUT2D eigenvalue weighted by Gasteiger charge is 2.14. The Kier molecular flexibility index (Phi) is 6.84. The third kappa shape index (κ3) is 5.37. The normalized spacial score (nSPS) is 11.0. The molecule has 0 bridgehead atoms. The number of amides is 1. The third-order valence-corrected chi connectivity index (χ3v) is 4.98. The zero-order valence-electron chi connectivity index (χ0n) is 17.7. The van der Waals surface area contributed by atoms with Gasteiger partial charge in [-0.15, -0.1) is 0 Å². The lowest BCUT2D eigenvalue weighted by Crippen LogP contribution is -2.14. The minimum atomic E-state index is -0.498. The van der Waals surface area contributed by atoms with Crippen molar-refractivity contribution in [3.63, 3.8) is 0 Å². The first-order valence-electron chi connectivity index (χ1n) is 9.82. The van der Waals surface area contributed by atoms with Crippen molar-refractivity contribution in [2.45, 2.75) is 20.3 Å². The van der Waals surface area contributed by atoms with E-state index in [1.165, 1.54) is 12.1 Å². The van der Waals surface area contributed by atoms with Crippen LogP contribution in [0.2, 0.25) is 0 Å². The Morgan fingerprint density at radius 3 is 2.55 bits per heavy atom. The quantitative estimate of drug-likeness (QED) is 0.423. The van der Waals surface area contributed by atoms with Crippen LogP contribution in [-0.2, 0) is 11.2 Å². The van der Waals surface area contributed by atoms with E-state index in [9.17, 15) is 14.4 Å². The fourth-order valence-corrected chi connectivity index (χ4v) is 3.30. The highest BCUT2D eigenvalue weighted by molar-refractivity contribution is 6.10. The predicted molar refractivity (Wildman–Crippen MR) is 120 cm³/mol. The number of aryl methyl sites for hydroxylation is 2. The van der Waals surface area contributed by atoms with E-state index in [4.69, 9.17) is 4.74 Å². The minimum Gasteiger partial charge on any atom is -0.497 e. The van der Waals surface area contributed by atoms with Crippen molar-refractivity contribution in [3.8, 4) is 11.8 Å². The zero-order chi connectivity index (χ0) is 22.4. The first-order valence-corrected chi connectivity index (χ1v) is 9.82. The first-order chi connectivity index (χ1) is 14.9. The number of methoxy groups -OCH3 is 1. The van der Waals surface area contributed by atoms with E-state index >= 15 is 0 Å². The average Bonchev–Trinajstić information content (AvgIpc) is 2.76. The zero-order valence-corrected chi connectivity index (χ0v) is 17.7. The molecule has 5 heteroatoms. The van der Waals surface area contributed by atoms with Crippen LogP contribution < -0.4 is 10.1 Å². The minimum absolute atomic E-state index is 0.0417. The topological polar surface area (TPSA) is 62.1 Å². The molecule has 0 atom stereocenters. The van der Waals surface area contributed by atoms with Crippen molar-refractivity contribution in [1.82, 2.24) is 0 Å². The van der Waals surface area contributed by atoms with Gasteiger partial charge in [-0.05, 0) is 66.4 Å².